The van der Waals surface area contributed by atoms with Gasteiger partial charge >= 0.3 is 0 Å². The molecule has 0 aromatic rings. The number of carbonyl (C=O) groups is 1. The quantitative estimate of drug-likeness (QED) is 0.344. The summed E-state index contributed by atoms with van der Waals surface area (Å²) in [6, 6.07) is 0. The normalized spacial score (nSPS) is 35.5. The first-order chi connectivity index (χ1) is 5.20. The number of ether oxygens (including phenoxy) is 1. The van der Waals surface area contributed by atoms with Crippen molar-refractivity contribution in [2.45, 2.75) is 25.4 Å². The molecule has 0 aromatic carbocycles. The van der Waals surface area contributed by atoms with Crippen LogP contribution >= 0.6 is 0 Å². The highest BCUT2D eigenvalue weighted by Crippen LogP contribution is 2.20. The van der Waals surface area contributed by atoms with E-state index in [4.69, 9.17) is 9.94 Å². The van der Waals surface area contributed by atoms with Gasteiger partial charge in [0.2, 0.25) is 0 Å². The van der Waals surface area contributed by atoms with Crippen LogP contribution in [-0.4, -0.2) is 29.4 Å². The molecule has 0 amide bonds. The summed E-state index contributed by atoms with van der Waals surface area (Å²) in [4.78, 5) is 10.5. The van der Waals surface area contributed by atoms with E-state index in [0.717, 1.165) is 6.29 Å². The van der Waals surface area contributed by atoms with Gasteiger partial charge in [-0.3, -0.25) is 0 Å². The van der Waals surface area contributed by atoms with E-state index < -0.39 is 5.60 Å². The average molecular weight is 157 g/mol. The smallest absolute Gasteiger partial charge is 0.151 e. The SMILES string of the molecule is C[C@]1(C=O)CC(=NO)CCO1. The molecule has 1 atom stereocenters. The molecular formula is C7H11NO3. The third-order valence-corrected chi connectivity index (χ3v) is 1.77. The molecule has 0 aliphatic carbocycles. The number of nitrogens with zero attached hydrogens (tertiary/aromatic N) is 1. The van der Waals surface area contributed by atoms with Crippen LogP contribution in [0.3, 0.4) is 0 Å². The molecule has 4 heteroatoms. The van der Waals surface area contributed by atoms with Crippen LogP contribution in [0.1, 0.15) is 19.8 Å². The summed E-state index contributed by atoms with van der Waals surface area (Å²) in [5.41, 5.74) is -0.148. The van der Waals surface area contributed by atoms with Crippen LogP contribution in [-0.2, 0) is 9.53 Å². The Kier molecular flexibility index (Phi) is 2.24. The maximum Gasteiger partial charge on any atom is 0.151 e. The summed E-state index contributed by atoms with van der Waals surface area (Å²) in [6.07, 6.45) is 1.75. The molecule has 1 saturated heterocycles. The molecule has 62 valence electrons. The average Bonchev–Trinajstić information content (AvgIpc) is 2.05. The van der Waals surface area contributed by atoms with Gasteiger partial charge in [-0.05, 0) is 6.92 Å². The molecule has 0 saturated carbocycles. The van der Waals surface area contributed by atoms with Gasteiger partial charge in [0.15, 0.2) is 6.29 Å². The largest absolute Gasteiger partial charge is 0.411 e. The lowest BCUT2D eigenvalue weighted by Crippen LogP contribution is -2.38. The van der Waals surface area contributed by atoms with Crippen molar-refractivity contribution in [3.63, 3.8) is 0 Å². The molecule has 1 aliphatic rings. The Morgan fingerprint density at radius 3 is 3.09 bits per heavy atom. The zero-order valence-electron chi connectivity index (χ0n) is 6.41. The summed E-state index contributed by atoms with van der Waals surface area (Å²) in [6.45, 7) is 2.14. The first-order valence-electron chi connectivity index (χ1n) is 3.50. The molecule has 1 heterocycles. The number of rotatable bonds is 1. The lowest BCUT2D eigenvalue weighted by Gasteiger charge is -2.28. The van der Waals surface area contributed by atoms with Crippen LogP contribution in [0, 0.1) is 0 Å². The van der Waals surface area contributed by atoms with Gasteiger partial charge in [-0.2, -0.15) is 0 Å². The number of hydrogen-bond donors (Lipinski definition) is 1. The molecule has 0 radical (unpaired) electrons. The number of aldehydes is 1. The summed E-state index contributed by atoms with van der Waals surface area (Å²) in [5.74, 6) is 0. The van der Waals surface area contributed by atoms with Crippen molar-refractivity contribution < 1.29 is 14.7 Å². The molecule has 0 bridgehead atoms. The van der Waals surface area contributed by atoms with E-state index in [0.29, 0.717) is 25.2 Å². The summed E-state index contributed by atoms with van der Waals surface area (Å²) < 4.78 is 5.19. The highest BCUT2D eigenvalue weighted by atomic mass is 16.5. The number of oxime groups is 1. The second kappa shape index (κ2) is 3.00. The second-order valence-corrected chi connectivity index (χ2v) is 2.87. The van der Waals surface area contributed by atoms with Crippen molar-refractivity contribution in [3.05, 3.63) is 0 Å². The molecule has 1 N–H and O–H groups in total. The lowest BCUT2D eigenvalue weighted by atomic mass is 9.96. The molecule has 1 fully saturated rings. The van der Waals surface area contributed by atoms with Crippen molar-refractivity contribution >= 4 is 12.0 Å². The fourth-order valence-corrected chi connectivity index (χ4v) is 1.11. The van der Waals surface area contributed by atoms with Gasteiger partial charge in [0.1, 0.15) is 5.60 Å². The zero-order valence-corrected chi connectivity index (χ0v) is 6.41. The van der Waals surface area contributed by atoms with Crippen molar-refractivity contribution in [3.8, 4) is 0 Å². The predicted molar refractivity (Wildman–Crippen MR) is 38.9 cm³/mol. The van der Waals surface area contributed by atoms with Crippen LogP contribution in [0.2, 0.25) is 0 Å². The van der Waals surface area contributed by atoms with E-state index >= 15 is 0 Å². The fourth-order valence-electron chi connectivity index (χ4n) is 1.11. The maximum atomic E-state index is 10.5. The third-order valence-electron chi connectivity index (χ3n) is 1.77. The van der Waals surface area contributed by atoms with E-state index in [2.05, 4.69) is 5.16 Å². The van der Waals surface area contributed by atoms with Crippen LogP contribution in [0.4, 0.5) is 0 Å². The van der Waals surface area contributed by atoms with Gasteiger partial charge in [-0.15, -0.1) is 0 Å². The highest BCUT2D eigenvalue weighted by molar-refractivity contribution is 5.88. The standard InChI is InChI=1S/C7H11NO3/c1-7(5-9)4-6(8-10)2-3-11-7/h5,10H,2-4H2,1H3/t7-/m1/s1. The molecule has 4 nitrogen and oxygen atoms in total. The first-order valence-corrected chi connectivity index (χ1v) is 3.50. The molecule has 1 rings (SSSR count). The minimum absolute atomic E-state index is 0.396. The molecule has 0 aromatic heterocycles. The molecule has 0 spiro atoms. The van der Waals surface area contributed by atoms with Crippen molar-refractivity contribution in [1.82, 2.24) is 0 Å². The minimum Gasteiger partial charge on any atom is -0.411 e. The van der Waals surface area contributed by atoms with Crippen LogP contribution in [0.25, 0.3) is 0 Å². The van der Waals surface area contributed by atoms with Gasteiger partial charge < -0.3 is 14.7 Å². The Bertz CT molecular complexity index is 190. The van der Waals surface area contributed by atoms with Gasteiger partial charge in [0, 0.05) is 12.8 Å². The molecule has 11 heavy (non-hydrogen) atoms. The Balaban J connectivity index is 2.66. The summed E-state index contributed by atoms with van der Waals surface area (Å²) in [5, 5.41) is 11.5. The Labute approximate surface area is 64.8 Å². The van der Waals surface area contributed by atoms with E-state index in [9.17, 15) is 4.79 Å². The van der Waals surface area contributed by atoms with E-state index in [1.807, 2.05) is 0 Å². The highest BCUT2D eigenvalue weighted by Gasteiger charge is 2.30. The van der Waals surface area contributed by atoms with Crippen LogP contribution < -0.4 is 0 Å². The Morgan fingerprint density at radius 2 is 2.55 bits per heavy atom. The van der Waals surface area contributed by atoms with Gasteiger partial charge in [-0.25, -0.2) is 0 Å². The van der Waals surface area contributed by atoms with Crippen LogP contribution in [0.5, 0.6) is 0 Å². The summed E-state index contributed by atoms with van der Waals surface area (Å²) >= 11 is 0. The monoisotopic (exact) mass is 157 g/mol. The Hall–Kier alpha value is -0.900. The van der Waals surface area contributed by atoms with Crippen molar-refractivity contribution in [2.75, 3.05) is 6.61 Å². The van der Waals surface area contributed by atoms with Crippen molar-refractivity contribution in [1.29, 1.82) is 0 Å². The molecular weight excluding hydrogens is 146 g/mol. The first kappa shape index (κ1) is 8.20. The van der Waals surface area contributed by atoms with Crippen LogP contribution in [0.15, 0.2) is 5.16 Å². The summed E-state index contributed by atoms with van der Waals surface area (Å²) in [7, 11) is 0. The maximum absolute atomic E-state index is 10.5. The van der Waals surface area contributed by atoms with Gasteiger partial charge in [0.05, 0.1) is 12.3 Å². The third kappa shape index (κ3) is 1.77. The topological polar surface area (TPSA) is 58.9 Å². The zero-order chi connectivity index (χ0) is 8.32. The second-order valence-electron chi connectivity index (χ2n) is 2.87. The number of carbonyl (C=O) groups excluding carboxylic acids is 1. The predicted octanol–water partition coefficient (Wildman–Crippen LogP) is 0.585. The van der Waals surface area contributed by atoms with E-state index in [1.54, 1.807) is 6.92 Å². The van der Waals surface area contributed by atoms with Crippen molar-refractivity contribution in [2.24, 2.45) is 5.16 Å². The van der Waals surface area contributed by atoms with Gasteiger partial charge in [0.25, 0.3) is 0 Å². The van der Waals surface area contributed by atoms with Gasteiger partial charge in [-0.1, -0.05) is 5.16 Å². The van der Waals surface area contributed by atoms with E-state index in [-0.39, 0.29) is 0 Å². The fraction of sp³-hybridized carbons (Fsp3) is 0.714. The minimum atomic E-state index is -0.778. The molecule has 1 aliphatic heterocycles. The lowest BCUT2D eigenvalue weighted by molar-refractivity contribution is -0.129. The number of hydrogen-bond acceptors (Lipinski definition) is 4. The Morgan fingerprint density at radius 1 is 1.82 bits per heavy atom. The molecule has 0 unspecified atom stereocenters. The van der Waals surface area contributed by atoms with E-state index in [1.165, 1.54) is 0 Å².